The van der Waals surface area contributed by atoms with Gasteiger partial charge in [-0.05, 0) is 25.2 Å². The van der Waals surface area contributed by atoms with Crippen LogP contribution in [0.3, 0.4) is 0 Å². The topological polar surface area (TPSA) is 64.3 Å². The van der Waals surface area contributed by atoms with E-state index in [-0.39, 0.29) is 0 Å². The van der Waals surface area contributed by atoms with E-state index < -0.39 is 5.97 Å². The summed E-state index contributed by atoms with van der Waals surface area (Å²) in [4.78, 5) is 11.4. The van der Waals surface area contributed by atoms with Crippen LogP contribution >= 0.6 is 0 Å². The molecule has 90 valence electrons. The Hall–Kier alpha value is -1.99. The molecule has 0 heterocycles. The van der Waals surface area contributed by atoms with Crippen LogP contribution in [0.5, 0.6) is 0 Å². The number of nitrogens with two attached hydrogens (primary N) is 1. The normalized spacial score (nSPS) is 9.29. The summed E-state index contributed by atoms with van der Waals surface area (Å²) in [6.45, 7) is 0.833. The molecule has 1 rings (SSSR count). The summed E-state index contributed by atoms with van der Waals surface area (Å²) in [6, 6.07) is 4.98. The van der Waals surface area contributed by atoms with Gasteiger partial charge in [0.1, 0.15) is 0 Å². The SMILES string of the molecule is CNCCC#Cc1cc(N)cc(C(=O)OC)c1. The fourth-order valence-corrected chi connectivity index (χ4v) is 1.31. The van der Waals surface area contributed by atoms with Gasteiger partial charge in [-0.1, -0.05) is 11.8 Å². The van der Waals surface area contributed by atoms with E-state index in [4.69, 9.17) is 5.73 Å². The number of anilines is 1. The van der Waals surface area contributed by atoms with Gasteiger partial charge in [-0.3, -0.25) is 0 Å². The molecule has 0 fully saturated rings. The molecule has 0 radical (unpaired) electrons. The van der Waals surface area contributed by atoms with E-state index in [9.17, 15) is 4.79 Å². The van der Waals surface area contributed by atoms with Crippen LogP contribution in [0.4, 0.5) is 5.69 Å². The van der Waals surface area contributed by atoms with Gasteiger partial charge >= 0.3 is 5.97 Å². The number of ether oxygens (including phenoxy) is 1. The third-order valence-electron chi connectivity index (χ3n) is 2.11. The first-order valence-corrected chi connectivity index (χ1v) is 5.29. The second-order valence-electron chi connectivity index (χ2n) is 3.49. The largest absolute Gasteiger partial charge is 0.465 e. The highest BCUT2D eigenvalue weighted by molar-refractivity contribution is 5.90. The Morgan fingerprint density at radius 1 is 1.47 bits per heavy atom. The van der Waals surface area contributed by atoms with Crippen molar-refractivity contribution in [1.29, 1.82) is 0 Å². The maximum atomic E-state index is 11.4. The first-order valence-electron chi connectivity index (χ1n) is 5.29. The Labute approximate surface area is 101 Å². The van der Waals surface area contributed by atoms with E-state index in [0.29, 0.717) is 11.3 Å². The molecule has 0 saturated carbocycles. The van der Waals surface area contributed by atoms with Crippen LogP contribution in [0, 0.1) is 11.8 Å². The minimum Gasteiger partial charge on any atom is -0.465 e. The summed E-state index contributed by atoms with van der Waals surface area (Å²) < 4.78 is 4.64. The lowest BCUT2D eigenvalue weighted by molar-refractivity contribution is 0.0601. The number of hydrogen-bond acceptors (Lipinski definition) is 4. The zero-order chi connectivity index (χ0) is 12.7. The first kappa shape index (κ1) is 13.1. The third-order valence-corrected chi connectivity index (χ3v) is 2.11. The van der Waals surface area contributed by atoms with Gasteiger partial charge in [0.2, 0.25) is 0 Å². The van der Waals surface area contributed by atoms with Gasteiger partial charge in [-0.15, -0.1) is 0 Å². The number of carbonyl (C=O) groups excluding carboxylic acids is 1. The van der Waals surface area contributed by atoms with Crippen molar-refractivity contribution >= 4 is 11.7 Å². The summed E-state index contributed by atoms with van der Waals surface area (Å²) in [5.74, 6) is 5.55. The van der Waals surface area contributed by atoms with Gasteiger partial charge in [0.05, 0.1) is 12.7 Å². The number of rotatable bonds is 3. The minimum atomic E-state index is -0.407. The molecule has 1 aromatic rings. The van der Waals surface area contributed by atoms with E-state index in [1.54, 1.807) is 18.2 Å². The van der Waals surface area contributed by atoms with Crippen molar-refractivity contribution in [3.63, 3.8) is 0 Å². The summed E-state index contributed by atoms with van der Waals surface area (Å²) in [6.07, 6.45) is 0.749. The quantitative estimate of drug-likeness (QED) is 0.353. The molecular formula is C13H16N2O2. The highest BCUT2D eigenvalue weighted by Crippen LogP contribution is 2.12. The molecule has 0 atom stereocenters. The molecule has 4 nitrogen and oxygen atoms in total. The van der Waals surface area contributed by atoms with Gasteiger partial charge in [-0.2, -0.15) is 0 Å². The van der Waals surface area contributed by atoms with Gasteiger partial charge < -0.3 is 15.8 Å². The molecule has 0 unspecified atom stereocenters. The molecule has 0 amide bonds. The van der Waals surface area contributed by atoms with Gasteiger partial charge in [0.25, 0.3) is 0 Å². The second kappa shape index (κ2) is 6.56. The standard InChI is InChI=1S/C13H16N2O2/c1-15-6-4-3-5-10-7-11(13(16)17-2)9-12(14)8-10/h7-9,15H,4,6,14H2,1-2H3. The van der Waals surface area contributed by atoms with Crippen molar-refractivity contribution in [2.24, 2.45) is 0 Å². The fraction of sp³-hybridized carbons (Fsp3) is 0.308. The van der Waals surface area contributed by atoms with Crippen molar-refractivity contribution < 1.29 is 9.53 Å². The second-order valence-corrected chi connectivity index (χ2v) is 3.49. The monoisotopic (exact) mass is 232 g/mol. The number of nitrogen functional groups attached to an aromatic ring is 1. The predicted molar refractivity (Wildman–Crippen MR) is 67.6 cm³/mol. The molecule has 0 aliphatic rings. The molecule has 4 heteroatoms. The lowest BCUT2D eigenvalue weighted by atomic mass is 10.1. The highest BCUT2D eigenvalue weighted by atomic mass is 16.5. The molecule has 0 spiro atoms. The Morgan fingerprint density at radius 2 is 2.24 bits per heavy atom. The average molecular weight is 232 g/mol. The Balaban J connectivity index is 2.88. The van der Waals surface area contributed by atoms with E-state index >= 15 is 0 Å². The van der Waals surface area contributed by atoms with E-state index in [1.807, 2.05) is 7.05 Å². The Kier molecular flexibility index (Phi) is 5.05. The Bertz CT molecular complexity index is 458. The van der Waals surface area contributed by atoms with Crippen LogP contribution in [-0.4, -0.2) is 26.7 Å². The van der Waals surface area contributed by atoms with Crippen LogP contribution in [0.1, 0.15) is 22.3 Å². The van der Waals surface area contributed by atoms with E-state index in [1.165, 1.54) is 7.11 Å². The number of hydrogen-bond donors (Lipinski definition) is 2. The zero-order valence-corrected chi connectivity index (χ0v) is 10.0. The van der Waals surface area contributed by atoms with Crippen molar-refractivity contribution in [1.82, 2.24) is 5.32 Å². The van der Waals surface area contributed by atoms with Crippen molar-refractivity contribution in [3.8, 4) is 11.8 Å². The van der Waals surface area contributed by atoms with Crippen LogP contribution in [-0.2, 0) is 4.74 Å². The summed E-state index contributed by atoms with van der Waals surface area (Å²) in [7, 11) is 3.21. The molecule has 0 aliphatic heterocycles. The Morgan fingerprint density at radius 3 is 2.88 bits per heavy atom. The highest BCUT2D eigenvalue weighted by Gasteiger charge is 2.06. The van der Waals surface area contributed by atoms with Gasteiger partial charge in [-0.25, -0.2) is 4.79 Å². The smallest absolute Gasteiger partial charge is 0.337 e. The van der Waals surface area contributed by atoms with Crippen LogP contribution < -0.4 is 11.1 Å². The van der Waals surface area contributed by atoms with E-state index in [0.717, 1.165) is 18.5 Å². The first-order chi connectivity index (χ1) is 8.17. The number of benzene rings is 1. The lowest BCUT2D eigenvalue weighted by Crippen LogP contribution is -2.06. The summed E-state index contributed by atoms with van der Waals surface area (Å²) in [5.41, 5.74) is 7.35. The van der Waals surface area contributed by atoms with Gasteiger partial charge in [0.15, 0.2) is 0 Å². The number of esters is 1. The fourth-order valence-electron chi connectivity index (χ4n) is 1.31. The van der Waals surface area contributed by atoms with Crippen LogP contribution in [0.15, 0.2) is 18.2 Å². The lowest BCUT2D eigenvalue weighted by Gasteiger charge is -2.01. The van der Waals surface area contributed by atoms with Crippen LogP contribution in [0.2, 0.25) is 0 Å². The minimum absolute atomic E-state index is 0.407. The molecular weight excluding hydrogens is 216 g/mol. The molecule has 0 bridgehead atoms. The molecule has 0 aromatic heterocycles. The molecule has 3 N–H and O–H groups in total. The summed E-state index contributed by atoms with van der Waals surface area (Å²) >= 11 is 0. The zero-order valence-electron chi connectivity index (χ0n) is 10.0. The molecule has 0 saturated heterocycles. The van der Waals surface area contributed by atoms with Crippen molar-refractivity contribution in [2.45, 2.75) is 6.42 Å². The molecule has 1 aromatic carbocycles. The van der Waals surface area contributed by atoms with E-state index in [2.05, 4.69) is 21.9 Å². The molecule has 17 heavy (non-hydrogen) atoms. The van der Waals surface area contributed by atoms with Crippen LogP contribution in [0.25, 0.3) is 0 Å². The van der Waals surface area contributed by atoms with Crippen molar-refractivity contribution in [3.05, 3.63) is 29.3 Å². The summed E-state index contributed by atoms with van der Waals surface area (Å²) in [5, 5.41) is 3.00. The average Bonchev–Trinajstić information content (AvgIpc) is 2.33. The van der Waals surface area contributed by atoms with Gasteiger partial charge in [0, 0.05) is 24.2 Å². The number of carbonyl (C=O) groups is 1. The predicted octanol–water partition coefficient (Wildman–Crippen LogP) is 1.02. The maximum Gasteiger partial charge on any atom is 0.337 e. The number of methoxy groups -OCH3 is 1. The maximum absolute atomic E-state index is 11.4. The molecule has 0 aliphatic carbocycles. The van der Waals surface area contributed by atoms with Crippen molar-refractivity contribution in [2.75, 3.05) is 26.4 Å². The number of nitrogens with one attached hydrogen (secondary N) is 1. The third kappa shape index (κ3) is 4.17.